The van der Waals surface area contributed by atoms with Crippen LogP contribution >= 0.6 is 35.6 Å². The van der Waals surface area contributed by atoms with E-state index < -0.39 is 0 Å². The summed E-state index contributed by atoms with van der Waals surface area (Å²) < 4.78 is 0. The molecule has 1 aromatic carbocycles. The molecule has 3 N–H and O–H groups in total. The molecule has 0 saturated heterocycles. The molecule has 0 fully saturated rings. The highest BCUT2D eigenvalue weighted by molar-refractivity contribution is 14.0. The second-order valence-electron chi connectivity index (χ2n) is 7.13. The number of amides is 1. The quantitative estimate of drug-likeness (QED) is 0.261. The summed E-state index contributed by atoms with van der Waals surface area (Å²) in [6.45, 7) is 13.0. The Labute approximate surface area is 191 Å². The molecule has 0 aliphatic carbocycles. The van der Waals surface area contributed by atoms with Gasteiger partial charge in [-0.3, -0.25) is 14.7 Å². The largest absolute Gasteiger partial charge is 0.356 e. The smallest absolute Gasteiger partial charge is 0.226 e. The molecule has 0 aliphatic heterocycles. The van der Waals surface area contributed by atoms with Gasteiger partial charge in [0, 0.05) is 45.2 Å². The van der Waals surface area contributed by atoms with Gasteiger partial charge in [-0.15, -0.1) is 24.0 Å². The zero-order valence-corrected chi connectivity index (χ0v) is 20.9. The number of hydrogen-bond donors (Lipinski definition) is 3. The number of hydrogen-bond acceptors (Lipinski definition) is 3. The summed E-state index contributed by atoms with van der Waals surface area (Å²) >= 11 is 6.14. The predicted octanol–water partition coefficient (Wildman–Crippen LogP) is 3.88. The molecule has 0 saturated carbocycles. The van der Waals surface area contributed by atoms with E-state index in [1.807, 2.05) is 25.1 Å². The molecule has 0 bridgehead atoms. The van der Waals surface area contributed by atoms with Crippen molar-refractivity contribution >= 4 is 53.1 Å². The van der Waals surface area contributed by atoms with Gasteiger partial charge in [0.2, 0.25) is 5.91 Å². The van der Waals surface area contributed by atoms with E-state index >= 15 is 0 Å². The van der Waals surface area contributed by atoms with Crippen molar-refractivity contribution in [3.05, 3.63) is 28.8 Å². The van der Waals surface area contributed by atoms with Gasteiger partial charge in [0.15, 0.2) is 5.96 Å². The number of aliphatic imine (C=N–C) groups is 1. The average Bonchev–Trinajstić information content (AvgIpc) is 2.58. The topological polar surface area (TPSA) is 68.8 Å². The van der Waals surface area contributed by atoms with Gasteiger partial charge in [-0.25, -0.2) is 0 Å². The van der Waals surface area contributed by atoms with Crippen molar-refractivity contribution in [2.75, 3.05) is 32.0 Å². The number of rotatable bonds is 9. The number of guanidine groups is 1. The van der Waals surface area contributed by atoms with Crippen LogP contribution in [0.2, 0.25) is 5.02 Å². The molecule has 8 heteroatoms. The second kappa shape index (κ2) is 14.0. The van der Waals surface area contributed by atoms with Crippen molar-refractivity contribution in [2.45, 2.75) is 53.1 Å². The first-order valence-electron chi connectivity index (χ1n) is 9.50. The third-order valence-corrected chi connectivity index (χ3v) is 4.57. The molecule has 0 aromatic heterocycles. The van der Waals surface area contributed by atoms with Crippen LogP contribution in [0.15, 0.2) is 23.2 Å². The van der Waals surface area contributed by atoms with Gasteiger partial charge in [0.1, 0.15) is 0 Å². The average molecular weight is 524 g/mol. The van der Waals surface area contributed by atoms with Gasteiger partial charge < -0.3 is 16.0 Å². The Bertz CT molecular complexity index is 629. The number of nitrogens with zero attached hydrogens (tertiary/aromatic N) is 2. The standard InChI is InChI=1S/C20H34ClN5O.HI/c1-14(2)26(15(3)4)12-11-24-20(22-6)23-10-9-19(27)25-18-8-7-16(5)13-17(18)21;/h7-8,13-15H,9-12H2,1-6H3,(H,25,27)(H2,22,23,24);1H. The number of aryl methyl sites for hydroxylation is 1. The fraction of sp³-hybridized carbons (Fsp3) is 0.600. The van der Waals surface area contributed by atoms with Gasteiger partial charge in [-0.05, 0) is 52.3 Å². The van der Waals surface area contributed by atoms with E-state index in [0.29, 0.717) is 41.7 Å². The molecule has 160 valence electrons. The highest BCUT2D eigenvalue weighted by Crippen LogP contribution is 2.22. The Kier molecular flexibility index (Phi) is 13.5. The predicted molar refractivity (Wildman–Crippen MR) is 131 cm³/mol. The molecule has 1 rings (SSSR count). The van der Waals surface area contributed by atoms with Gasteiger partial charge in [-0.2, -0.15) is 0 Å². The van der Waals surface area contributed by atoms with Crippen LogP contribution in [0, 0.1) is 6.92 Å². The Balaban J connectivity index is 0.00000729. The SMILES string of the molecule is CN=C(NCCC(=O)Nc1ccc(C)cc1Cl)NCCN(C(C)C)C(C)C.I. The first-order chi connectivity index (χ1) is 12.7. The van der Waals surface area contributed by atoms with Crippen LogP contribution in [-0.2, 0) is 4.79 Å². The summed E-state index contributed by atoms with van der Waals surface area (Å²) in [6.07, 6.45) is 0.328. The molecule has 0 aliphatic rings. The van der Waals surface area contributed by atoms with Crippen molar-refractivity contribution in [3.8, 4) is 0 Å². The first-order valence-corrected chi connectivity index (χ1v) is 9.88. The van der Waals surface area contributed by atoms with E-state index in [-0.39, 0.29) is 29.9 Å². The molecule has 1 amide bonds. The molecule has 0 heterocycles. The van der Waals surface area contributed by atoms with Crippen LogP contribution in [-0.4, -0.2) is 55.5 Å². The maximum atomic E-state index is 12.1. The fourth-order valence-corrected chi connectivity index (χ4v) is 3.15. The Morgan fingerprint density at radius 2 is 1.75 bits per heavy atom. The lowest BCUT2D eigenvalue weighted by molar-refractivity contribution is -0.116. The lowest BCUT2D eigenvalue weighted by Crippen LogP contribution is -2.45. The highest BCUT2D eigenvalue weighted by Gasteiger charge is 2.12. The minimum absolute atomic E-state index is 0. The maximum Gasteiger partial charge on any atom is 0.226 e. The van der Waals surface area contributed by atoms with Crippen LogP contribution in [0.3, 0.4) is 0 Å². The number of benzene rings is 1. The third-order valence-electron chi connectivity index (χ3n) is 4.26. The van der Waals surface area contributed by atoms with Crippen molar-refractivity contribution in [3.63, 3.8) is 0 Å². The van der Waals surface area contributed by atoms with Crippen molar-refractivity contribution in [1.82, 2.24) is 15.5 Å². The van der Waals surface area contributed by atoms with E-state index in [1.54, 1.807) is 7.05 Å². The molecule has 0 unspecified atom stereocenters. The second-order valence-corrected chi connectivity index (χ2v) is 7.54. The minimum atomic E-state index is -0.0884. The minimum Gasteiger partial charge on any atom is -0.356 e. The summed E-state index contributed by atoms with van der Waals surface area (Å²) in [5.74, 6) is 0.609. The van der Waals surface area contributed by atoms with Crippen LogP contribution in [0.4, 0.5) is 5.69 Å². The zero-order chi connectivity index (χ0) is 20.4. The van der Waals surface area contributed by atoms with Crippen LogP contribution < -0.4 is 16.0 Å². The Hall–Kier alpha value is -1.06. The molecule has 6 nitrogen and oxygen atoms in total. The lowest BCUT2D eigenvalue weighted by Gasteiger charge is -2.30. The van der Waals surface area contributed by atoms with Crippen LogP contribution in [0.1, 0.15) is 39.7 Å². The normalized spacial score (nSPS) is 11.6. The molecule has 0 radical (unpaired) electrons. The highest BCUT2D eigenvalue weighted by atomic mass is 127. The Morgan fingerprint density at radius 3 is 2.29 bits per heavy atom. The summed E-state index contributed by atoms with van der Waals surface area (Å²) in [7, 11) is 1.73. The van der Waals surface area contributed by atoms with Gasteiger partial charge >= 0.3 is 0 Å². The van der Waals surface area contributed by atoms with E-state index in [9.17, 15) is 4.79 Å². The van der Waals surface area contributed by atoms with Gasteiger partial charge in [0.25, 0.3) is 0 Å². The molecule has 1 aromatic rings. The number of nitrogens with one attached hydrogen (secondary N) is 3. The summed E-state index contributed by atoms with van der Waals surface area (Å²) in [4.78, 5) is 18.7. The van der Waals surface area contributed by atoms with Crippen molar-refractivity contribution < 1.29 is 4.79 Å². The van der Waals surface area contributed by atoms with Gasteiger partial charge in [-0.1, -0.05) is 17.7 Å². The van der Waals surface area contributed by atoms with E-state index in [0.717, 1.165) is 18.7 Å². The molecule has 0 spiro atoms. The third kappa shape index (κ3) is 9.93. The van der Waals surface area contributed by atoms with E-state index in [1.165, 1.54) is 0 Å². The van der Waals surface area contributed by atoms with Gasteiger partial charge in [0.05, 0.1) is 10.7 Å². The van der Waals surface area contributed by atoms with E-state index in [4.69, 9.17) is 11.6 Å². The maximum absolute atomic E-state index is 12.1. The van der Waals surface area contributed by atoms with Crippen LogP contribution in [0.25, 0.3) is 0 Å². The summed E-state index contributed by atoms with van der Waals surface area (Å²) in [6, 6.07) is 6.57. The summed E-state index contributed by atoms with van der Waals surface area (Å²) in [5, 5.41) is 9.85. The lowest BCUT2D eigenvalue weighted by atomic mass is 10.2. The first kappa shape index (κ1) is 26.9. The number of halogens is 2. The Morgan fingerprint density at radius 1 is 1.14 bits per heavy atom. The number of carbonyl (C=O) groups excluding carboxylic acids is 1. The monoisotopic (exact) mass is 523 g/mol. The fourth-order valence-electron chi connectivity index (χ4n) is 2.87. The van der Waals surface area contributed by atoms with Crippen molar-refractivity contribution in [1.29, 1.82) is 0 Å². The van der Waals surface area contributed by atoms with Crippen LogP contribution in [0.5, 0.6) is 0 Å². The zero-order valence-electron chi connectivity index (χ0n) is 17.8. The molecular weight excluding hydrogens is 489 g/mol. The number of anilines is 1. The van der Waals surface area contributed by atoms with E-state index in [2.05, 4.69) is 53.5 Å². The molecular formula is C20H35ClIN5O. The van der Waals surface area contributed by atoms with Crippen molar-refractivity contribution in [2.24, 2.45) is 4.99 Å². The molecule has 28 heavy (non-hydrogen) atoms. The number of carbonyl (C=O) groups is 1. The molecule has 0 atom stereocenters. The summed E-state index contributed by atoms with van der Waals surface area (Å²) in [5.41, 5.74) is 1.69.